The molecular weight excluding hydrogens is 302 g/mol. The summed E-state index contributed by atoms with van der Waals surface area (Å²) in [7, 11) is 0. The molecule has 1 N–H and O–H groups in total. The van der Waals surface area contributed by atoms with Crippen LogP contribution >= 0.6 is 15.9 Å². The summed E-state index contributed by atoms with van der Waals surface area (Å²) < 4.78 is 1.11. The van der Waals surface area contributed by atoms with Crippen LogP contribution in [0.5, 0.6) is 0 Å². The van der Waals surface area contributed by atoms with Crippen LogP contribution in [0, 0.1) is 0 Å². The summed E-state index contributed by atoms with van der Waals surface area (Å²) in [5.74, 6) is 0. The second-order valence-electron chi connectivity index (χ2n) is 4.51. The van der Waals surface area contributed by atoms with E-state index in [2.05, 4.69) is 56.3 Å². The van der Waals surface area contributed by atoms with Crippen molar-refractivity contribution in [3.63, 3.8) is 0 Å². The Labute approximate surface area is 122 Å². The zero-order valence-electron chi connectivity index (χ0n) is 11.0. The molecule has 0 spiro atoms. The van der Waals surface area contributed by atoms with Crippen LogP contribution in [0.25, 0.3) is 0 Å². The number of rotatable bonds is 6. The minimum atomic E-state index is 0.260. The van der Waals surface area contributed by atoms with Crippen molar-refractivity contribution in [2.24, 2.45) is 0 Å². The maximum Gasteiger partial charge on any atom is 0.115 e. The SMILES string of the molecule is CCCNC(Cc1cccc(Br)c1)c1cncnc1. The molecule has 1 unspecified atom stereocenters. The Hall–Kier alpha value is -1.26. The Morgan fingerprint density at radius 3 is 2.74 bits per heavy atom. The summed E-state index contributed by atoms with van der Waals surface area (Å²) in [6.45, 7) is 3.16. The molecule has 1 aromatic carbocycles. The van der Waals surface area contributed by atoms with Crippen molar-refractivity contribution in [2.75, 3.05) is 6.54 Å². The average Bonchev–Trinajstić information content (AvgIpc) is 2.44. The Bertz CT molecular complexity index is 502. The summed E-state index contributed by atoms with van der Waals surface area (Å²) in [4.78, 5) is 8.22. The van der Waals surface area contributed by atoms with Crippen LogP contribution in [0.3, 0.4) is 0 Å². The Morgan fingerprint density at radius 1 is 1.26 bits per heavy atom. The predicted octanol–water partition coefficient (Wildman–Crippen LogP) is 3.52. The zero-order valence-corrected chi connectivity index (χ0v) is 12.6. The van der Waals surface area contributed by atoms with Gasteiger partial charge in [0, 0.05) is 28.5 Å². The summed E-state index contributed by atoms with van der Waals surface area (Å²) in [5.41, 5.74) is 2.43. The van der Waals surface area contributed by atoms with Crippen molar-refractivity contribution in [3.05, 3.63) is 58.6 Å². The molecule has 1 aromatic heterocycles. The largest absolute Gasteiger partial charge is 0.310 e. The summed E-state index contributed by atoms with van der Waals surface area (Å²) in [6, 6.07) is 8.68. The third kappa shape index (κ3) is 4.40. The lowest BCUT2D eigenvalue weighted by atomic mass is 10.0. The van der Waals surface area contributed by atoms with Gasteiger partial charge in [0.2, 0.25) is 0 Å². The van der Waals surface area contributed by atoms with E-state index in [1.165, 1.54) is 5.56 Å². The van der Waals surface area contributed by atoms with Gasteiger partial charge in [-0.1, -0.05) is 35.0 Å². The maximum absolute atomic E-state index is 4.11. The van der Waals surface area contributed by atoms with Crippen molar-refractivity contribution in [1.82, 2.24) is 15.3 Å². The number of nitrogens with zero attached hydrogens (tertiary/aromatic N) is 2. The van der Waals surface area contributed by atoms with Crippen LogP contribution < -0.4 is 5.32 Å². The average molecular weight is 320 g/mol. The molecule has 19 heavy (non-hydrogen) atoms. The molecule has 1 heterocycles. The van der Waals surface area contributed by atoms with Crippen molar-refractivity contribution in [3.8, 4) is 0 Å². The van der Waals surface area contributed by atoms with Crippen LogP contribution in [0.2, 0.25) is 0 Å². The van der Waals surface area contributed by atoms with Gasteiger partial charge in [0.1, 0.15) is 6.33 Å². The molecule has 0 fully saturated rings. The summed E-state index contributed by atoms with van der Waals surface area (Å²) in [6.07, 6.45) is 7.39. The van der Waals surface area contributed by atoms with Crippen molar-refractivity contribution < 1.29 is 0 Å². The van der Waals surface area contributed by atoms with E-state index in [4.69, 9.17) is 0 Å². The van der Waals surface area contributed by atoms with Gasteiger partial charge in [-0.15, -0.1) is 0 Å². The van der Waals surface area contributed by atoms with E-state index in [1.54, 1.807) is 6.33 Å². The third-order valence-electron chi connectivity index (χ3n) is 2.95. The number of halogens is 1. The van der Waals surface area contributed by atoms with Gasteiger partial charge >= 0.3 is 0 Å². The fourth-order valence-corrected chi connectivity index (χ4v) is 2.46. The summed E-state index contributed by atoms with van der Waals surface area (Å²) >= 11 is 3.52. The van der Waals surface area contributed by atoms with E-state index in [1.807, 2.05) is 18.5 Å². The van der Waals surface area contributed by atoms with Gasteiger partial charge in [-0.25, -0.2) is 9.97 Å². The number of hydrogen-bond acceptors (Lipinski definition) is 3. The van der Waals surface area contributed by atoms with E-state index in [0.29, 0.717) is 0 Å². The smallest absolute Gasteiger partial charge is 0.115 e. The van der Waals surface area contributed by atoms with E-state index < -0.39 is 0 Å². The lowest BCUT2D eigenvalue weighted by Crippen LogP contribution is -2.24. The van der Waals surface area contributed by atoms with Gasteiger partial charge < -0.3 is 5.32 Å². The molecule has 0 aliphatic carbocycles. The predicted molar refractivity (Wildman–Crippen MR) is 80.9 cm³/mol. The second kappa shape index (κ2) is 7.36. The Balaban J connectivity index is 2.14. The molecule has 100 valence electrons. The minimum absolute atomic E-state index is 0.260. The minimum Gasteiger partial charge on any atom is -0.310 e. The number of aromatic nitrogens is 2. The highest BCUT2D eigenvalue weighted by atomic mass is 79.9. The molecule has 2 rings (SSSR count). The number of nitrogens with one attached hydrogen (secondary N) is 1. The van der Waals surface area contributed by atoms with Crippen molar-refractivity contribution in [1.29, 1.82) is 0 Å². The molecule has 0 bridgehead atoms. The first-order chi connectivity index (χ1) is 9.29. The molecule has 4 heteroatoms. The van der Waals surface area contributed by atoms with Gasteiger partial charge in [0.25, 0.3) is 0 Å². The van der Waals surface area contributed by atoms with E-state index in [0.717, 1.165) is 29.4 Å². The van der Waals surface area contributed by atoms with E-state index in [9.17, 15) is 0 Å². The Morgan fingerprint density at radius 2 is 2.05 bits per heavy atom. The second-order valence-corrected chi connectivity index (χ2v) is 5.43. The Kier molecular flexibility index (Phi) is 5.48. The van der Waals surface area contributed by atoms with Gasteiger partial charge in [0.15, 0.2) is 0 Å². The molecule has 0 aliphatic heterocycles. The zero-order chi connectivity index (χ0) is 13.5. The van der Waals surface area contributed by atoms with E-state index in [-0.39, 0.29) is 6.04 Å². The van der Waals surface area contributed by atoms with Crippen LogP contribution in [-0.4, -0.2) is 16.5 Å². The van der Waals surface area contributed by atoms with Crippen molar-refractivity contribution in [2.45, 2.75) is 25.8 Å². The highest BCUT2D eigenvalue weighted by Gasteiger charge is 2.12. The standard InChI is InChI=1S/C15H18BrN3/c1-2-6-19-15(13-9-17-11-18-10-13)8-12-4-3-5-14(16)7-12/h3-5,7,9-11,15,19H,2,6,8H2,1H3. The summed E-state index contributed by atoms with van der Waals surface area (Å²) in [5, 5.41) is 3.56. The topological polar surface area (TPSA) is 37.8 Å². The normalized spacial score (nSPS) is 12.3. The quantitative estimate of drug-likeness (QED) is 0.885. The fourth-order valence-electron chi connectivity index (χ4n) is 2.02. The molecule has 3 nitrogen and oxygen atoms in total. The monoisotopic (exact) mass is 319 g/mol. The molecule has 2 aromatic rings. The molecule has 0 saturated carbocycles. The molecule has 0 radical (unpaired) electrons. The van der Waals surface area contributed by atoms with Gasteiger partial charge in [0.05, 0.1) is 0 Å². The molecule has 0 amide bonds. The first-order valence-electron chi connectivity index (χ1n) is 6.52. The number of benzene rings is 1. The number of hydrogen-bond donors (Lipinski definition) is 1. The van der Waals surface area contributed by atoms with Gasteiger partial charge in [-0.2, -0.15) is 0 Å². The van der Waals surface area contributed by atoms with Gasteiger partial charge in [-0.05, 0) is 37.1 Å². The molecule has 1 atom stereocenters. The van der Waals surface area contributed by atoms with Crippen LogP contribution in [-0.2, 0) is 6.42 Å². The van der Waals surface area contributed by atoms with Crippen LogP contribution in [0.1, 0.15) is 30.5 Å². The van der Waals surface area contributed by atoms with E-state index >= 15 is 0 Å². The highest BCUT2D eigenvalue weighted by Crippen LogP contribution is 2.19. The van der Waals surface area contributed by atoms with Crippen LogP contribution in [0.15, 0.2) is 47.5 Å². The lowest BCUT2D eigenvalue weighted by Gasteiger charge is -2.18. The molecule has 0 aliphatic rings. The first kappa shape index (κ1) is 14.2. The third-order valence-corrected chi connectivity index (χ3v) is 3.45. The lowest BCUT2D eigenvalue weighted by molar-refractivity contribution is 0.526. The van der Waals surface area contributed by atoms with Crippen molar-refractivity contribution >= 4 is 15.9 Å². The molecular formula is C15H18BrN3. The van der Waals surface area contributed by atoms with Crippen LogP contribution in [0.4, 0.5) is 0 Å². The highest BCUT2D eigenvalue weighted by molar-refractivity contribution is 9.10. The van der Waals surface area contributed by atoms with Gasteiger partial charge in [-0.3, -0.25) is 0 Å². The maximum atomic E-state index is 4.11. The molecule has 0 saturated heterocycles. The first-order valence-corrected chi connectivity index (χ1v) is 7.31. The fraction of sp³-hybridized carbons (Fsp3) is 0.333.